The number of rotatable bonds is 4. The third kappa shape index (κ3) is 3.45. The van der Waals surface area contributed by atoms with Crippen LogP contribution in [0.1, 0.15) is 15.9 Å². The van der Waals surface area contributed by atoms with Crippen LogP contribution < -0.4 is 0 Å². The maximum atomic E-state index is 10.7. The molecule has 0 unspecified atom stereocenters. The number of thioether (sulfide) groups is 1. The van der Waals surface area contributed by atoms with Crippen LogP contribution in [0.15, 0.2) is 57.9 Å². The van der Waals surface area contributed by atoms with Gasteiger partial charge in [0.15, 0.2) is 0 Å². The molecule has 0 radical (unpaired) electrons. The molecule has 0 aliphatic heterocycles. The summed E-state index contributed by atoms with van der Waals surface area (Å²) >= 11 is 5.28. The number of halogens is 1. The molecule has 0 aliphatic carbocycles. The van der Waals surface area contributed by atoms with Crippen LogP contribution in [0.25, 0.3) is 0 Å². The summed E-state index contributed by atoms with van der Waals surface area (Å²) in [5.41, 5.74) is 1.89. The van der Waals surface area contributed by atoms with Gasteiger partial charge in [0.05, 0.1) is 0 Å². The van der Waals surface area contributed by atoms with Crippen LogP contribution in [0.2, 0.25) is 0 Å². The topological polar surface area (TPSA) is 17.1 Å². The van der Waals surface area contributed by atoms with Crippen molar-refractivity contribution in [2.24, 2.45) is 0 Å². The number of carbonyl (C=O) groups is 1. The van der Waals surface area contributed by atoms with Crippen LogP contribution in [0.4, 0.5) is 0 Å². The number of carbonyl (C=O) groups excluding carboxylic acids is 1. The van der Waals surface area contributed by atoms with Crippen molar-refractivity contribution in [3.05, 3.63) is 64.1 Å². The van der Waals surface area contributed by atoms with Crippen molar-refractivity contribution in [1.82, 2.24) is 0 Å². The van der Waals surface area contributed by atoms with E-state index in [0.29, 0.717) is 0 Å². The second-order valence-corrected chi connectivity index (χ2v) is 5.45. The summed E-state index contributed by atoms with van der Waals surface area (Å²) in [5.74, 6) is 0.865. The Labute approximate surface area is 113 Å². The van der Waals surface area contributed by atoms with Gasteiger partial charge in [0.1, 0.15) is 6.29 Å². The molecule has 0 aliphatic rings. The van der Waals surface area contributed by atoms with E-state index in [-0.39, 0.29) is 0 Å². The molecule has 0 N–H and O–H groups in total. The van der Waals surface area contributed by atoms with E-state index in [1.165, 1.54) is 4.90 Å². The minimum Gasteiger partial charge on any atom is -0.298 e. The smallest absolute Gasteiger partial charge is 0.150 e. The van der Waals surface area contributed by atoms with E-state index in [4.69, 9.17) is 0 Å². The van der Waals surface area contributed by atoms with Gasteiger partial charge in [-0.3, -0.25) is 4.79 Å². The molecular weight excluding hydrogens is 296 g/mol. The average Bonchev–Trinajstić information content (AvgIpc) is 2.38. The maximum absolute atomic E-state index is 10.7. The number of hydrogen-bond donors (Lipinski definition) is 0. The second-order valence-electron chi connectivity index (χ2n) is 3.58. The highest BCUT2D eigenvalue weighted by Crippen LogP contribution is 2.29. The molecule has 2 aromatic carbocycles. The molecule has 0 saturated carbocycles. The molecule has 0 aromatic heterocycles. The van der Waals surface area contributed by atoms with Gasteiger partial charge in [-0.1, -0.05) is 30.3 Å². The Balaban J connectivity index is 2.07. The first kappa shape index (κ1) is 12.4. The second kappa shape index (κ2) is 6.03. The zero-order chi connectivity index (χ0) is 12.1. The highest BCUT2D eigenvalue weighted by Gasteiger charge is 2.00. The molecule has 3 heteroatoms. The summed E-state index contributed by atoms with van der Waals surface area (Å²) in [6.45, 7) is 0. The van der Waals surface area contributed by atoms with Gasteiger partial charge in [0.25, 0.3) is 0 Å². The fourth-order valence-corrected chi connectivity index (χ4v) is 2.99. The molecule has 2 rings (SSSR count). The standard InChI is InChI=1S/C14H11BrOS/c15-13-6-1-2-7-14(13)17-10-12-5-3-4-11(8-12)9-16/h1-9H,10H2. The largest absolute Gasteiger partial charge is 0.298 e. The first-order valence-electron chi connectivity index (χ1n) is 5.21. The van der Waals surface area contributed by atoms with Crippen molar-refractivity contribution in [3.8, 4) is 0 Å². The van der Waals surface area contributed by atoms with E-state index >= 15 is 0 Å². The van der Waals surface area contributed by atoms with Crippen molar-refractivity contribution < 1.29 is 4.79 Å². The third-order valence-electron chi connectivity index (χ3n) is 2.32. The lowest BCUT2D eigenvalue weighted by Gasteiger charge is -2.04. The monoisotopic (exact) mass is 306 g/mol. The lowest BCUT2D eigenvalue weighted by molar-refractivity contribution is 0.112. The summed E-state index contributed by atoms with van der Waals surface area (Å²) in [4.78, 5) is 11.9. The Kier molecular flexibility index (Phi) is 4.40. The molecule has 1 nitrogen and oxygen atoms in total. The van der Waals surface area contributed by atoms with E-state index < -0.39 is 0 Å². The number of aldehydes is 1. The van der Waals surface area contributed by atoms with Crippen LogP contribution in [0.3, 0.4) is 0 Å². The summed E-state index contributed by atoms with van der Waals surface area (Å²) in [5, 5.41) is 0. The fourth-order valence-electron chi connectivity index (χ4n) is 1.48. The van der Waals surface area contributed by atoms with E-state index in [1.807, 2.05) is 42.5 Å². The summed E-state index contributed by atoms with van der Waals surface area (Å²) in [7, 11) is 0. The van der Waals surface area contributed by atoms with Gasteiger partial charge in [-0.25, -0.2) is 0 Å². The Morgan fingerprint density at radius 1 is 1.12 bits per heavy atom. The average molecular weight is 307 g/mol. The van der Waals surface area contributed by atoms with Gasteiger partial charge < -0.3 is 0 Å². The van der Waals surface area contributed by atoms with Crippen LogP contribution in [0, 0.1) is 0 Å². The summed E-state index contributed by atoms with van der Waals surface area (Å²) < 4.78 is 1.11. The molecule has 2 aromatic rings. The molecule has 17 heavy (non-hydrogen) atoms. The third-order valence-corrected chi connectivity index (χ3v) is 4.42. The van der Waals surface area contributed by atoms with Gasteiger partial charge >= 0.3 is 0 Å². The molecule has 0 amide bonds. The van der Waals surface area contributed by atoms with E-state index in [2.05, 4.69) is 22.0 Å². The SMILES string of the molecule is O=Cc1cccc(CSc2ccccc2Br)c1. The summed E-state index contributed by atoms with van der Waals surface area (Å²) in [6.07, 6.45) is 0.882. The van der Waals surface area contributed by atoms with E-state index in [0.717, 1.165) is 27.6 Å². The van der Waals surface area contributed by atoms with Crippen LogP contribution >= 0.6 is 27.7 Å². The van der Waals surface area contributed by atoms with Gasteiger partial charge in [-0.15, -0.1) is 11.8 Å². The fraction of sp³-hybridized carbons (Fsp3) is 0.0714. The first-order valence-corrected chi connectivity index (χ1v) is 6.99. The normalized spacial score (nSPS) is 10.2. The molecular formula is C14H11BrOS. The van der Waals surface area contributed by atoms with Gasteiger partial charge in [-0.2, -0.15) is 0 Å². The Bertz CT molecular complexity index is 525. The molecule has 0 bridgehead atoms. The van der Waals surface area contributed by atoms with Crippen LogP contribution in [-0.4, -0.2) is 6.29 Å². The van der Waals surface area contributed by atoms with Gasteiger partial charge in [0.2, 0.25) is 0 Å². The minimum absolute atomic E-state index is 0.732. The summed E-state index contributed by atoms with van der Waals surface area (Å²) in [6, 6.07) is 15.8. The molecule has 0 saturated heterocycles. The number of benzene rings is 2. The first-order chi connectivity index (χ1) is 8.29. The van der Waals surface area contributed by atoms with Crippen molar-refractivity contribution >= 4 is 34.0 Å². The van der Waals surface area contributed by atoms with Crippen molar-refractivity contribution in [1.29, 1.82) is 0 Å². The molecule has 0 spiro atoms. The number of hydrogen-bond acceptors (Lipinski definition) is 2. The predicted octanol–water partition coefficient (Wildman–Crippen LogP) is 4.55. The van der Waals surface area contributed by atoms with Gasteiger partial charge in [-0.05, 0) is 39.7 Å². The lowest BCUT2D eigenvalue weighted by atomic mass is 10.2. The molecule has 0 heterocycles. The Morgan fingerprint density at radius 3 is 2.71 bits per heavy atom. The maximum Gasteiger partial charge on any atom is 0.150 e. The van der Waals surface area contributed by atoms with Crippen LogP contribution in [-0.2, 0) is 5.75 Å². The van der Waals surface area contributed by atoms with Gasteiger partial charge in [0, 0.05) is 20.7 Å². The highest BCUT2D eigenvalue weighted by molar-refractivity contribution is 9.10. The lowest BCUT2D eigenvalue weighted by Crippen LogP contribution is -1.85. The molecule has 86 valence electrons. The van der Waals surface area contributed by atoms with Crippen molar-refractivity contribution in [2.75, 3.05) is 0 Å². The van der Waals surface area contributed by atoms with E-state index in [1.54, 1.807) is 11.8 Å². The Hall–Kier alpha value is -1.06. The van der Waals surface area contributed by atoms with E-state index in [9.17, 15) is 4.79 Å². The molecule has 0 fully saturated rings. The quantitative estimate of drug-likeness (QED) is 0.609. The Morgan fingerprint density at radius 2 is 1.94 bits per heavy atom. The van der Waals surface area contributed by atoms with Crippen molar-refractivity contribution in [2.45, 2.75) is 10.6 Å². The van der Waals surface area contributed by atoms with Crippen molar-refractivity contribution in [3.63, 3.8) is 0 Å². The zero-order valence-corrected chi connectivity index (χ0v) is 11.5. The minimum atomic E-state index is 0.732. The molecule has 0 atom stereocenters. The zero-order valence-electron chi connectivity index (χ0n) is 9.10. The predicted molar refractivity (Wildman–Crippen MR) is 75.5 cm³/mol. The highest BCUT2D eigenvalue weighted by atomic mass is 79.9. The van der Waals surface area contributed by atoms with Crippen LogP contribution in [0.5, 0.6) is 0 Å².